The fraction of sp³-hybridized carbons (Fsp3) is 0.441. The van der Waals surface area contributed by atoms with Crippen LogP contribution in [0.1, 0.15) is 106 Å². The smallest absolute Gasteiger partial charge is 0.488 e. The molecule has 0 saturated heterocycles. The normalized spacial score (nSPS) is 14.3. The average molecular weight is 643 g/mol. The van der Waals surface area contributed by atoms with Gasteiger partial charge >= 0.3 is 47.5 Å². The molecule has 2 atom stereocenters. The van der Waals surface area contributed by atoms with Crippen LogP contribution in [0.5, 0.6) is 0 Å². The Hall–Kier alpha value is -2.83. The fourth-order valence-corrected chi connectivity index (χ4v) is 4.23. The minimum absolute atomic E-state index is 0. The summed E-state index contributed by atoms with van der Waals surface area (Å²) in [6.07, 6.45) is 14.2. The number of carboxylic acid groups (broad SMARTS) is 2. The molecule has 6 N–H and O–H groups in total. The first-order valence-corrected chi connectivity index (χ1v) is 13.7. The zero-order chi connectivity index (χ0) is 32.3. The van der Waals surface area contributed by atoms with E-state index in [2.05, 4.69) is 17.5 Å². The van der Waals surface area contributed by atoms with Crippen molar-refractivity contribution < 1.29 is 69.2 Å². The number of rotatable bonds is 7. The first-order chi connectivity index (χ1) is 20.2. The van der Waals surface area contributed by atoms with E-state index in [-0.39, 0.29) is 56.3 Å². The van der Waals surface area contributed by atoms with Crippen LogP contribution in [0.4, 0.5) is 0 Å². The van der Waals surface area contributed by atoms with E-state index < -0.39 is 11.9 Å². The number of hydrogen-bond donors (Lipinski definition) is 5. The molecule has 3 rings (SSSR count). The van der Waals surface area contributed by atoms with Gasteiger partial charge in [-0.05, 0) is 68.0 Å². The zero-order valence-electron chi connectivity index (χ0n) is 26.3. The van der Waals surface area contributed by atoms with Crippen LogP contribution in [0.2, 0.25) is 0 Å². The predicted molar refractivity (Wildman–Crippen MR) is 180 cm³/mol. The van der Waals surface area contributed by atoms with Gasteiger partial charge in [-0.2, -0.15) is 0 Å². The Morgan fingerprint density at radius 1 is 0.933 bits per heavy atom. The summed E-state index contributed by atoms with van der Waals surface area (Å²) in [5.74, 6) is 2.89. The number of benzene rings is 2. The molecule has 1 saturated carbocycles. The number of carboxylic acids is 2. The minimum Gasteiger partial charge on any atom is -0.488 e. The molecule has 2 aromatic rings. The Kier molecular flexibility index (Phi) is 39.1. The van der Waals surface area contributed by atoms with Gasteiger partial charge in [-0.3, -0.25) is 4.79 Å². The maximum absolute atomic E-state index is 11.1. The number of carbonyl (C=O) groups excluding carboxylic acids is 1. The maximum Gasteiger partial charge on any atom is 1.00 e. The number of ether oxygens (including phenoxy) is 1. The molecule has 2 unspecified atom stereocenters. The molecule has 0 aliphatic heterocycles. The van der Waals surface area contributed by atoms with Crippen LogP contribution in [-0.2, 0) is 9.53 Å². The van der Waals surface area contributed by atoms with E-state index in [1.807, 2.05) is 61.9 Å². The quantitative estimate of drug-likeness (QED) is 0.119. The predicted octanol–water partition coefficient (Wildman–Crippen LogP) is 5.11. The molecule has 1 aliphatic rings. The maximum atomic E-state index is 11.1. The average Bonchev–Trinajstić information content (AvgIpc) is 3.00. The SMILES string of the molecule is C.C.CC=Cc1cccc(C(=O)O)c1.CC=Cc1cccc(C(=O)OC)c1.CCCC1CCCC(C(=O)O)C1.CO.N[N-]O.[Na+]. The van der Waals surface area contributed by atoms with Crippen molar-refractivity contribution in [1.29, 1.82) is 0 Å². The van der Waals surface area contributed by atoms with E-state index in [9.17, 15) is 14.4 Å². The summed E-state index contributed by atoms with van der Waals surface area (Å²) in [6.45, 7) is 6.00. The Labute approximate surface area is 292 Å². The van der Waals surface area contributed by atoms with Crippen molar-refractivity contribution in [2.75, 3.05) is 14.2 Å². The van der Waals surface area contributed by atoms with Gasteiger partial charge in [-0.15, -0.1) is 0 Å². The number of nitrogens with zero attached hydrogens (tertiary/aromatic N) is 1. The molecule has 45 heavy (non-hydrogen) atoms. The van der Waals surface area contributed by atoms with Crippen molar-refractivity contribution in [3.05, 3.63) is 88.5 Å². The third-order valence-corrected chi connectivity index (χ3v) is 5.99. The number of nitrogens with two attached hydrogens (primary N) is 1. The molecule has 2 aromatic carbocycles. The summed E-state index contributed by atoms with van der Waals surface area (Å²) in [7, 11) is 2.38. The van der Waals surface area contributed by atoms with Gasteiger partial charge in [-0.1, -0.05) is 96.0 Å². The summed E-state index contributed by atoms with van der Waals surface area (Å²) in [4.78, 5) is 32.4. The van der Waals surface area contributed by atoms with Crippen LogP contribution in [0.25, 0.3) is 17.7 Å². The van der Waals surface area contributed by atoms with Crippen LogP contribution in [0.3, 0.4) is 0 Å². The van der Waals surface area contributed by atoms with E-state index >= 15 is 0 Å². The Bertz CT molecular complexity index is 1090. The number of aliphatic hydroxyl groups is 1. The van der Waals surface area contributed by atoms with Crippen molar-refractivity contribution in [2.45, 2.75) is 74.1 Å². The first kappa shape index (κ1) is 51.7. The van der Waals surface area contributed by atoms with Crippen molar-refractivity contribution >= 4 is 30.1 Å². The number of methoxy groups -OCH3 is 1. The monoisotopic (exact) mass is 642 g/mol. The number of hydrogen-bond acceptors (Lipinski definition) is 7. The molecule has 250 valence electrons. The Morgan fingerprint density at radius 2 is 1.40 bits per heavy atom. The standard InChI is InChI=1S/C11H12O2.C10H18O2.C10H10O2.CH4O.2CH4.H3N2O.Na/c1-3-5-9-6-4-7-10(8-9)11(12)13-2;2*1-2-4-8-5-3-6-9(7-8)10(11)12;1-2;;;1-2-3;/h3-8H,1-2H3;8-9H,2-7H2,1H3,(H,11,12);2-7H,1H3,(H,11,12);2H,1H3;2*1H4;3H,1H2;/q;;;;;;-1;+1. The summed E-state index contributed by atoms with van der Waals surface area (Å²) in [5, 5.41) is 31.4. The first-order valence-electron chi connectivity index (χ1n) is 13.7. The van der Waals surface area contributed by atoms with Gasteiger partial charge in [0.05, 0.1) is 24.2 Å². The van der Waals surface area contributed by atoms with Crippen LogP contribution >= 0.6 is 0 Å². The third kappa shape index (κ3) is 25.1. The molecule has 11 heteroatoms. The number of carbonyl (C=O) groups is 3. The largest absolute Gasteiger partial charge is 1.00 e. The van der Waals surface area contributed by atoms with Crippen molar-refractivity contribution in [2.24, 2.45) is 17.7 Å². The molecule has 0 amide bonds. The molecular formula is C34H55N2NaO8. The second-order valence-electron chi connectivity index (χ2n) is 9.02. The number of aliphatic hydroxyl groups excluding tert-OH is 1. The second-order valence-corrected chi connectivity index (χ2v) is 9.02. The molecule has 10 nitrogen and oxygen atoms in total. The topological polar surface area (TPSA) is 181 Å². The summed E-state index contributed by atoms with van der Waals surface area (Å²) in [5.41, 5.74) is 4.83. The summed E-state index contributed by atoms with van der Waals surface area (Å²) in [6, 6.07) is 14.1. The number of esters is 1. The van der Waals surface area contributed by atoms with Crippen molar-refractivity contribution in [3.8, 4) is 0 Å². The van der Waals surface area contributed by atoms with E-state index in [4.69, 9.17) is 20.5 Å². The third-order valence-electron chi connectivity index (χ3n) is 5.99. The minimum atomic E-state index is -0.888. The zero-order valence-corrected chi connectivity index (χ0v) is 28.3. The summed E-state index contributed by atoms with van der Waals surface area (Å²) >= 11 is 0. The number of aliphatic carboxylic acids is 1. The molecule has 0 spiro atoms. The number of aromatic carboxylic acids is 1. The van der Waals surface area contributed by atoms with Crippen LogP contribution in [0.15, 0.2) is 60.7 Å². The van der Waals surface area contributed by atoms with Gasteiger partial charge in [0.15, 0.2) is 0 Å². The molecule has 1 fully saturated rings. The van der Waals surface area contributed by atoms with Crippen molar-refractivity contribution in [1.82, 2.24) is 0 Å². The van der Waals surface area contributed by atoms with Gasteiger partial charge in [-0.25, -0.2) is 9.59 Å². The van der Waals surface area contributed by atoms with Crippen LogP contribution in [0, 0.1) is 11.8 Å². The van der Waals surface area contributed by atoms with Crippen LogP contribution < -0.4 is 35.4 Å². The van der Waals surface area contributed by atoms with Gasteiger partial charge < -0.3 is 36.7 Å². The van der Waals surface area contributed by atoms with Gasteiger partial charge in [0.1, 0.15) is 0 Å². The number of allylic oxidation sites excluding steroid dienone is 2. The van der Waals surface area contributed by atoms with Gasteiger partial charge in [0.25, 0.3) is 0 Å². The fourth-order valence-electron chi connectivity index (χ4n) is 4.23. The summed E-state index contributed by atoms with van der Waals surface area (Å²) < 4.78 is 4.61. The Balaban J connectivity index is -0.000000161. The molecule has 0 heterocycles. The van der Waals surface area contributed by atoms with Crippen LogP contribution in [-0.4, -0.2) is 52.7 Å². The molecule has 0 radical (unpaired) electrons. The van der Waals surface area contributed by atoms with Crippen molar-refractivity contribution in [3.63, 3.8) is 0 Å². The van der Waals surface area contributed by atoms with E-state index in [0.717, 1.165) is 37.5 Å². The van der Waals surface area contributed by atoms with E-state index in [1.165, 1.54) is 26.4 Å². The van der Waals surface area contributed by atoms with Gasteiger partial charge in [0.2, 0.25) is 0 Å². The molecule has 0 bridgehead atoms. The second kappa shape index (κ2) is 34.1. The Morgan fingerprint density at radius 3 is 1.80 bits per heavy atom. The van der Waals surface area contributed by atoms with Gasteiger partial charge in [0, 0.05) is 7.11 Å². The molecule has 0 aromatic heterocycles. The molecule has 1 aliphatic carbocycles. The molecular weight excluding hydrogens is 587 g/mol. The van der Waals surface area contributed by atoms with E-state index in [0.29, 0.717) is 17.0 Å². The van der Waals surface area contributed by atoms with E-state index in [1.54, 1.807) is 30.3 Å².